The van der Waals surface area contributed by atoms with Gasteiger partial charge in [-0.05, 0) is 0 Å². The van der Waals surface area contributed by atoms with Gasteiger partial charge in [0.05, 0.1) is 0 Å². The van der Waals surface area contributed by atoms with E-state index in [1.54, 1.807) is 0 Å². The van der Waals surface area contributed by atoms with Crippen LogP contribution in [0.2, 0.25) is 4.97 Å². The normalized spacial score (nSPS) is 16.4. The van der Waals surface area contributed by atoms with Crippen LogP contribution in [0.3, 0.4) is 0 Å². The van der Waals surface area contributed by atoms with Gasteiger partial charge in [0.2, 0.25) is 0 Å². The molecule has 1 unspecified atom stereocenters. The first-order valence-corrected chi connectivity index (χ1v) is 7.78. The van der Waals surface area contributed by atoms with Gasteiger partial charge < -0.3 is 0 Å². The molecule has 1 atom stereocenters. The molecule has 0 aromatic carbocycles. The summed E-state index contributed by atoms with van der Waals surface area (Å²) in [5.74, 6) is 0. The summed E-state index contributed by atoms with van der Waals surface area (Å²) >= 11 is 0.0541. The Kier molecular flexibility index (Phi) is 6.71. The summed E-state index contributed by atoms with van der Waals surface area (Å²) in [7, 11) is 1.85. The van der Waals surface area contributed by atoms with E-state index in [9.17, 15) is 0 Å². The molecule has 0 saturated heterocycles. The predicted molar refractivity (Wildman–Crippen MR) is 51.2 cm³/mol. The summed E-state index contributed by atoms with van der Waals surface area (Å²) in [4.78, 5) is 2.32. The first-order chi connectivity index (χ1) is 5.18. The summed E-state index contributed by atoms with van der Waals surface area (Å²) in [6, 6.07) is 0. The van der Waals surface area contributed by atoms with Crippen LogP contribution in [-0.2, 0) is 4.74 Å². The summed E-state index contributed by atoms with van der Waals surface area (Å²) in [5, 5.41) is 0. The summed E-state index contributed by atoms with van der Waals surface area (Å²) < 4.78 is 5.76. The van der Waals surface area contributed by atoms with Gasteiger partial charge in [0.1, 0.15) is 0 Å². The van der Waals surface area contributed by atoms with E-state index in [0.29, 0.717) is 0 Å². The first kappa shape index (κ1) is 11.7. The van der Waals surface area contributed by atoms with E-state index in [4.69, 9.17) is 4.74 Å². The van der Waals surface area contributed by atoms with Gasteiger partial charge >= 0.3 is 80.9 Å². The van der Waals surface area contributed by atoms with Crippen molar-refractivity contribution >= 4 is 20.9 Å². The average Bonchev–Trinajstić information content (AvgIpc) is 2.05. The van der Waals surface area contributed by atoms with Crippen molar-refractivity contribution in [3.63, 3.8) is 0 Å². The molecule has 0 radical (unpaired) electrons. The van der Waals surface area contributed by atoms with Crippen molar-refractivity contribution < 1.29 is 4.74 Å². The number of hydrogen-bond acceptors (Lipinski definition) is 1. The molecule has 1 nitrogen and oxygen atoms in total. The average molecular weight is 272 g/mol. The maximum absolute atomic E-state index is 5.49. The van der Waals surface area contributed by atoms with Crippen LogP contribution in [0.5, 0.6) is 0 Å². The van der Waals surface area contributed by atoms with Crippen LogP contribution in [0.1, 0.15) is 39.5 Å². The molecule has 0 aromatic heterocycles. The van der Waals surface area contributed by atoms with Crippen molar-refractivity contribution in [2.75, 3.05) is 7.11 Å². The Bertz CT molecular complexity index is 89.6. The third-order valence-corrected chi connectivity index (χ3v) is 5.62. The predicted octanol–water partition coefficient (Wildman–Crippen LogP) is 2.68. The van der Waals surface area contributed by atoms with Gasteiger partial charge in [-0.25, -0.2) is 0 Å². The zero-order chi connectivity index (χ0) is 8.74. The summed E-state index contributed by atoms with van der Waals surface area (Å²) in [6.07, 6.45) is 5.26. The van der Waals surface area contributed by atoms with Crippen molar-refractivity contribution in [3.05, 3.63) is 0 Å². The molecule has 0 fully saturated rings. The zero-order valence-corrected chi connectivity index (χ0v) is 10.5. The van der Waals surface area contributed by atoms with Crippen LogP contribution >= 0.6 is 0 Å². The van der Waals surface area contributed by atoms with E-state index in [1.165, 1.54) is 25.7 Å². The molecule has 11 heavy (non-hydrogen) atoms. The molecule has 0 spiro atoms. The van der Waals surface area contributed by atoms with Crippen molar-refractivity contribution in [2.45, 2.75) is 48.2 Å². The van der Waals surface area contributed by atoms with Crippen LogP contribution in [0.4, 0.5) is 0 Å². The topological polar surface area (TPSA) is 9.23 Å². The van der Waals surface area contributed by atoms with Crippen molar-refractivity contribution in [3.8, 4) is 0 Å². The van der Waals surface area contributed by atoms with Crippen LogP contribution < -0.4 is 0 Å². The van der Waals surface area contributed by atoms with E-state index in [0.717, 1.165) is 0 Å². The minimum atomic E-state index is 0.0541. The fourth-order valence-electron chi connectivity index (χ4n) is 0.984. The van der Waals surface area contributed by atoms with E-state index in [-0.39, 0.29) is 24.6 Å². The second-order valence-corrected chi connectivity index (χ2v) is 6.63. The molecule has 0 aromatic rings. The van der Waals surface area contributed by atoms with E-state index >= 15 is 0 Å². The number of ether oxygens (including phenoxy) is 1. The molecule has 0 N–H and O–H groups in total. The van der Waals surface area contributed by atoms with Crippen molar-refractivity contribution in [2.24, 2.45) is 0 Å². The van der Waals surface area contributed by atoms with Crippen LogP contribution in [0.15, 0.2) is 0 Å². The van der Waals surface area contributed by atoms with Crippen molar-refractivity contribution in [1.82, 2.24) is 0 Å². The Morgan fingerprint density at radius 1 is 1.36 bits per heavy atom. The maximum atomic E-state index is 5.49. The fourth-order valence-corrected chi connectivity index (χ4v) is 2.45. The molecule has 0 amide bonds. The second kappa shape index (κ2) is 6.29. The number of rotatable bonds is 6. The van der Waals surface area contributed by atoms with Crippen molar-refractivity contribution in [1.29, 1.82) is 0 Å². The number of unbranched alkanes of at least 4 members (excludes halogenated alkanes) is 2. The quantitative estimate of drug-likeness (QED) is 0.533. The molecule has 0 aliphatic carbocycles. The molecule has 0 aliphatic rings. The molecule has 0 saturated carbocycles. The SMILES string of the molecule is CCCCCC(C)(OC)[Te]C. The third kappa shape index (κ3) is 5.06. The molecule has 0 heterocycles. The minimum absolute atomic E-state index is 0.0541. The Balaban J connectivity index is 3.51. The van der Waals surface area contributed by atoms with Gasteiger partial charge in [0.15, 0.2) is 0 Å². The Morgan fingerprint density at radius 3 is 2.36 bits per heavy atom. The zero-order valence-electron chi connectivity index (χ0n) is 8.14. The molecule has 0 rings (SSSR count). The number of hydrogen-bond donors (Lipinski definition) is 0. The Morgan fingerprint density at radius 2 is 2.00 bits per heavy atom. The molecule has 2 heteroatoms. The van der Waals surface area contributed by atoms with Gasteiger partial charge in [0, 0.05) is 0 Å². The van der Waals surface area contributed by atoms with E-state index in [2.05, 4.69) is 18.8 Å². The second-order valence-electron chi connectivity index (χ2n) is 3.00. The van der Waals surface area contributed by atoms with Gasteiger partial charge in [-0.2, -0.15) is 0 Å². The van der Waals surface area contributed by atoms with E-state index < -0.39 is 0 Å². The van der Waals surface area contributed by atoms with Crippen LogP contribution in [0, 0.1) is 0 Å². The molecule has 68 valence electrons. The van der Waals surface area contributed by atoms with Gasteiger partial charge in [-0.3, -0.25) is 0 Å². The summed E-state index contributed by atoms with van der Waals surface area (Å²) in [6.45, 7) is 4.50. The van der Waals surface area contributed by atoms with Crippen LogP contribution in [-0.4, -0.2) is 31.7 Å². The third-order valence-electron chi connectivity index (χ3n) is 2.10. The van der Waals surface area contributed by atoms with Gasteiger partial charge in [0.25, 0.3) is 0 Å². The molecule has 0 bridgehead atoms. The molecular weight excluding hydrogens is 252 g/mol. The summed E-state index contributed by atoms with van der Waals surface area (Å²) in [5.41, 5.74) is 0. The molecular formula is C9H20OTe. The first-order valence-electron chi connectivity index (χ1n) is 4.29. The fraction of sp³-hybridized carbons (Fsp3) is 1.00. The number of methoxy groups -OCH3 is 1. The monoisotopic (exact) mass is 274 g/mol. The van der Waals surface area contributed by atoms with Gasteiger partial charge in [-0.1, -0.05) is 0 Å². The standard InChI is InChI=1S/C9H20OTe/c1-5-6-7-8-9(2,10-3)11-4/h5-8H2,1-4H3. The Labute approximate surface area is 81.0 Å². The van der Waals surface area contributed by atoms with Crippen LogP contribution in [0.25, 0.3) is 0 Å². The Hall–Kier alpha value is 0.750. The van der Waals surface area contributed by atoms with E-state index in [1.807, 2.05) is 7.11 Å². The van der Waals surface area contributed by atoms with Gasteiger partial charge in [-0.15, -0.1) is 0 Å². The molecule has 0 aliphatic heterocycles.